The van der Waals surface area contributed by atoms with Crippen molar-refractivity contribution in [2.24, 2.45) is 5.92 Å². The highest BCUT2D eigenvalue weighted by Gasteiger charge is 2.33. The van der Waals surface area contributed by atoms with E-state index >= 15 is 0 Å². The highest BCUT2D eigenvalue weighted by Crippen LogP contribution is 2.42. The zero-order valence-corrected chi connectivity index (χ0v) is 16.8. The Labute approximate surface area is 165 Å². The van der Waals surface area contributed by atoms with Crippen LogP contribution in [0, 0.1) is 12.8 Å². The van der Waals surface area contributed by atoms with Crippen molar-refractivity contribution in [2.75, 3.05) is 0 Å². The normalized spacial score (nSPS) is 15.7. The van der Waals surface area contributed by atoms with Gasteiger partial charge in [0.2, 0.25) is 5.71 Å². The summed E-state index contributed by atoms with van der Waals surface area (Å²) in [7, 11) is 0. The molecule has 1 fully saturated rings. The predicted octanol–water partition coefficient (Wildman–Crippen LogP) is 6.82. The van der Waals surface area contributed by atoms with Crippen molar-refractivity contribution >= 4 is 22.1 Å². The fraction of sp³-hybridized carbons (Fsp3) is 0.360. The summed E-state index contributed by atoms with van der Waals surface area (Å²) >= 11 is 0. The molecule has 3 heteroatoms. The predicted molar refractivity (Wildman–Crippen MR) is 114 cm³/mol. The van der Waals surface area contributed by atoms with Gasteiger partial charge in [0.05, 0.1) is 5.69 Å². The SMILES string of the molecule is Cc1ccc2c(n1)oc1ccc(-c3cc(C(C)(C)C4CCCC4)ccn3)cc12. The van der Waals surface area contributed by atoms with E-state index in [1.165, 1.54) is 31.2 Å². The minimum Gasteiger partial charge on any atom is -0.438 e. The summed E-state index contributed by atoms with van der Waals surface area (Å²) < 4.78 is 5.94. The quantitative estimate of drug-likeness (QED) is 0.397. The summed E-state index contributed by atoms with van der Waals surface area (Å²) in [4.78, 5) is 9.21. The lowest BCUT2D eigenvalue weighted by Crippen LogP contribution is -2.26. The zero-order chi connectivity index (χ0) is 19.3. The lowest BCUT2D eigenvalue weighted by atomic mass is 9.72. The van der Waals surface area contributed by atoms with E-state index in [1.807, 2.05) is 25.3 Å². The summed E-state index contributed by atoms with van der Waals surface area (Å²) in [6, 6.07) is 14.9. The van der Waals surface area contributed by atoms with Gasteiger partial charge >= 0.3 is 0 Å². The van der Waals surface area contributed by atoms with Crippen LogP contribution in [0.3, 0.4) is 0 Å². The van der Waals surface area contributed by atoms with Gasteiger partial charge < -0.3 is 4.42 Å². The van der Waals surface area contributed by atoms with E-state index in [1.54, 1.807) is 0 Å². The number of furan rings is 1. The maximum atomic E-state index is 5.94. The van der Waals surface area contributed by atoms with Crippen LogP contribution in [-0.4, -0.2) is 9.97 Å². The molecule has 0 unspecified atom stereocenters. The van der Waals surface area contributed by atoms with E-state index < -0.39 is 0 Å². The summed E-state index contributed by atoms with van der Waals surface area (Å²) in [6.45, 7) is 6.77. The minimum absolute atomic E-state index is 0.183. The first-order valence-electron chi connectivity index (χ1n) is 10.3. The van der Waals surface area contributed by atoms with Crippen LogP contribution in [0.1, 0.15) is 50.8 Å². The van der Waals surface area contributed by atoms with Crippen LogP contribution < -0.4 is 0 Å². The molecule has 28 heavy (non-hydrogen) atoms. The van der Waals surface area contributed by atoms with E-state index in [0.717, 1.165) is 39.2 Å². The molecule has 0 radical (unpaired) electrons. The maximum absolute atomic E-state index is 5.94. The molecular weight excluding hydrogens is 344 g/mol. The fourth-order valence-corrected chi connectivity index (χ4v) is 4.78. The highest BCUT2D eigenvalue weighted by atomic mass is 16.3. The largest absolute Gasteiger partial charge is 0.438 e. The minimum atomic E-state index is 0.183. The number of hydrogen-bond acceptors (Lipinski definition) is 3. The van der Waals surface area contributed by atoms with Gasteiger partial charge in [-0.15, -0.1) is 0 Å². The van der Waals surface area contributed by atoms with Gasteiger partial charge in [0, 0.05) is 28.2 Å². The molecule has 0 bridgehead atoms. The molecule has 0 amide bonds. The van der Waals surface area contributed by atoms with Crippen LogP contribution in [-0.2, 0) is 5.41 Å². The van der Waals surface area contributed by atoms with Crippen molar-refractivity contribution < 1.29 is 4.42 Å². The first-order chi connectivity index (χ1) is 13.5. The molecule has 4 aromatic rings. The molecule has 5 rings (SSSR count). The Kier molecular flexibility index (Phi) is 4.01. The second kappa shape index (κ2) is 6.44. The Balaban J connectivity index is 1.59. The second-order valence-electron chi connectivity index (χ2n) is 8.75. The van der Waals surface area contributed by atoms with E-state index in [9.17, 15) is 0 Å². The standard InChI is InChI=1S/C25H26N2O/c1-16-8-10-20-21-14-17(9-11-23(21)28-24(20)27-16)22-15-19(12-13-26-22)25(2,3)18-6-4-5-7-18/h8-15,18H,4-7H2,1-3H3. The van der Waals surface area contributed by atoms with Crippen LogP contribution in [0.4, 0.5) is 0 Å². The van der Waals surface area contributed by atoms with Crippen LogP contribution in [0.5, 0.6) is 0 Å². The van der Waals surface area contributed by atoms with Gasteiger partial charge in [-0.2, -0.15) is 0 Å². The van der Waals surface area contributed by atoms with E-state index in [0.29, 0.717) is 5.71 Å². The van der Waals surface area contributed by atoms with Gasteiger partial charge in [-0.1, -0.05) is 26.7 Å². The van der Waals surface area contributed by atoms with E-state index in [-0.39, 0.29) is 5.41 Å². The van der Waals surface area contributed by atoms with Gasteiger partial charge in [-0.05, 0) is 79.1 Å². The molecule has 0 spiro atoms. The van der Waals surface area contributed by atoms with Crippen molar-refractivity contribution in [3.63, 3.8) is 0 Å². The van der Waals surface area contributed by atoms with Gasteiger partial charge in [0.25, 0.3) is 0 Å². The summed E-state index contributed by atoms with van der Waals surface area (Å²) in [5, 5.41) is 2.16. The molecule has 1 aliphatic carbocycles. The fourth-order valence-electron chi connectivity index (χ4n) is 4.78. The van der Waals surface area contributed by atoms with Crippen LogP contribution in [0.15, 0.2) is 53.1 Å². The molecule has 3 nitrogen and oxygen atoms in total. The third-order valence-electron chi connectivity index (χ3n) is 6.65. The van der Waals surface area contributed by atoms with Crippen molar-refractivity contribution in [3.8, 4) is 11.3 Å². The lowest BCUT2D eigenvalue weighted by molar-refractivity contribution is 0.325. The smallest absolute Gasteiger partial charge is 0.227 e. The molecule has 1 saturated carbocycles. The maximum Gasteiger partial charge on any atom is 0.227 e. The Bertz CT molecular complexity index is 1170. The second-order valence-corrected chi connectivity index (χ2v) is 8.75. The van der Waals surface area contributed by atoms with Gasteiger partial charge in [-0.3, -0.25) is 4.98 Å². The Morgan fingerprint density at radius 3 is 2.61 bits per heavy atom. The molecule has 142 valence electrons. The van der Waals surface area contributed by atoms with Crippen molar-refractivity contribution in [3.05, 3.63) is 59.9 Å². The molecule has 1 aliphatic rings. The monoisotopic (exact) mass is 370 g/mol. The third-order valence-corrected chi connectivity index (χ3v) is 6.65. The Morgan fingerprint density at radius 2 is 1.79 bits per heavy atom. The van der Waals surface area contributed by atoms with Crippen LogP contribution >= 0.6 is 0 Å². The van der Waals surface area contributed by atoms with Crippen molar-refractivity contribution in [1.29, 1.82) is 0 Å². The number of nitrogens with zero attached hydrogens (tertiary/aromatic N) is 2. The molecule has 0 saturated heterocycles. The average molecular weight is 370 g/mol. The lowest BCUT2D eigenvalue weighted by Gasteiger charge is -2.32. The van der Waals surface area contributed by atoms with Crippen molar-refractivity contribution in [1.82, 2.24) is 9.97 Å². The highest BCUT2D eigenvalue weighted by molar-refractivity contribution is 6.04. The first kappa shape index (κ1) is 17.4. The first-order valence-corrected chi connectivity index (χ1v) is 10.3. The number of benzene rings is 1. The molecule has 0 N–H and O–H groups in total. The summed E-state index contributed by atoms with van der Waals surface area (Å²) in [5.74, 6) is 0.761. The summed E-state index contributed by atoms with van der Waals surface area (Å²) in [6.07, 6.45) is 7.37. The zero-order valence-electron chi connectivity index (χ0n) is 16.8. The van der Waals surface area contributed by atoms with Crippen molar-refractivity contribution in [2.45, 2.75) is 51.9 Å². The third kappa shape index (κ3) is 2.81. The molecule has 3 heterocycles. The van der Waals surface area contributed by atoms with Crippen LogP contribution in [0.25, 0.3) is 33.3 Å². The molecule has 1 aromatic carbocycles. The number of aryl methyl sites for hydroxylation is 1. The number of rotatable bonds is 3. The van der Waals surface area contributed by atoms with Gasteiger partial charge in [0.15, 0.2) is 0 Å². The van der Waals surface area contributed by atoms with E-state index in [4.69, 9.17) is 4.42 Å². The summed E-state index contributed by atoms with van der Waals surface area (Å²) in [5.41, 5.74) is 6.27. The number of pyridine rings is 2. The molecule has 0 aliphatic heterocycles. The Hall–Kier alpha value is -2.68. The van der Waals surface area contributed by atoms with Gasteiger partial charge in [-0.25, -0.2) is 4.98 Å². The topological polar surface area (TPSA) is 38.9 Å². The number of hydrogen-bond donors (Lipinski definition) is 0. The average Bonchev–Trinajstić information content (AvgIpc) is 3.35. The Morgan fingerprint density at radius 1 is 0.964 bits per heavy atom. The molecular formula is C25H26N2O. The number of aromatic nitrogens is 2. The van der Waals surface area contributed by atoms with E-state index in [2.05, 4.69) is 54.1 Å². The molecule has 0 atom stereocenters. The van der Waals surface area contributed by atoms with Gasteiger partial charge in [0.1, 0.15) is 5.58 Å². The van der Waals surface area contributed by atoms with Crippen LogP contribution in [0.2, 0.25) is 0 Å². The number of fused-ring (bicyclic) bond motifs is 3. The molecule has 3 aromatic heterocycles.